The van der Waals surface area contributed by atoms with E-state index in [9.17, 15) is 13.2 Å². The molecule has 166 valence electrons. The fourth-order valence-corrected chi connectivity index (χ4v) is 3.60. The molecule has 0 spiro atoms. The summed E-state index contributed by atoms with van der Waals surface area (Å²) in [5, 5.41) is 7.20. The highest BCUT2D eigenvalue weighted by atomic mass is 32.2. The topological polar surface area (TPSA) is 119 Å². The molecule has 1 aromatic carbocycles. The van der Waals surface area contributed by atoms with Crippen molar-refractivity contribution in [2.24, 2.45) is 7.05 Å². The van der Waals surface area contributed by atoms with E-state index < -0.39 is 10.0 Å². The molecule has 10 heteroatoms. The molecule has 0 radical (unpaired) electrons. The third-order valence-electron chi connectivity index (χ3n) is 4.83. The minimum atomic E-state index is -3.45. The van der Waals surface area contributed by atoms with Gasteiger partial charge in [0, 0.05) is 7.05 Å². The van der Waals surface area contributed by atoms with Gasteiger partial charge in [0.25, 0.3) is 5.91 Å². The van der Waals surface area contributed by atoms with Crippen LogP contribution in [0.15, 0.2) is 34.7 Å². The van der Waals surface area contributed by atoms with E-state index in [0.717, 1.165) is 5.69 Å². The van der Waals surface area contributed by atoms with Crippen molar-refractivity contribution >= 4 is 21.6 Å². The monoisotopic (exact) mass is 445 g/mol. The van der Waals surface area contributed by atoms with Crippen LogP contribution in [0.25, 0.3) is 11.5 Å². The lowest BCUT2D eigenvalue weighted by molar-refractivity contribution is 0.0941. The van der Waals surface area contributed by atoms with Crippen molar-refractivity contribution in [2.75, 3.05) is 10.5 Å². The summed E-state index contributed by atoms with van der Waals surface area (Å²) >= 11 is 0. The second kappa shape index (κ2) is 8.93. The first kappa shape index (κ1) is 22.5. The Bertz CT molecular complexity index is 1190. The van der Waals surface area contributed by atoms with E-state index in [1.807, 2.05) is 13.8 Å². The zero-order valence-corrected chi connectivity index (χ0v) is 19.1. The Hall–Kier alpha value is -3.14. The first-order chi connectivity index (χ1) is 14.6. The predicted octanol–water partition coefficient (Wildman–Crippen LogP) is 3.20. The Morgan fingerprint density at radius 2 is 1.97 bits per heavy atom. The molecule has 0 fully saturated rings. The van der Waals surface area contributed by atoms with E-state index in [1.165, 1.54) is 0 Å². The smallest absolute Gasteiger partial charge is 0.269 e. The molecule has 0 aliphatic rings. The largest absolute Gasteiger partial charge is 0.441 e. The lowest BCUT2D eigenvalue weighted by Crippen LogP contribution is -2.25. The zero-order valence-electron chi connectivity index (χ0n) is 18.3. The van der Waals surface area contributed by atoms with Crippen LogP contribution in [-0.2, 0) is 23.6 Å². The number of nitrogens with zero attached hydrogens (tertiary/aromatic N) is 3. The maximum absolute atomic E-state index is 12.6. The second-order valence-corrected chi connectivity index (χ2v) is 9.50. The summed E-state index contributed by atoms with van der Waals surface area (Å²) in [5.74, 6) is 0.728. The summed E-state index contributed by atoms with van der Waals surface area (Å²) in [5.41, 5.74) is 2.77. The number of para-hydroxylation sites is 1. The number of hydrogen-bond donors (Lipinski definition) is 2. The molecular weight excluding hydrogens is 418 g/mol. The molecule has 0 bridgehead atoms. The molecule has 2 heterocycles. The van der Waals surface area contributed by atoms with Gasteiger partial charge >= 0.3 is 0 Å². The quantitative estimate of drug-likeness (QED) is 0.550. The number of oxazole rings is 1. The van der Waals surface area contributed by atoms with Gasteiger partial charge in [0.2, 0.25) is 15.9 Å². The predicted molar refractivity (Wildman–Crippen MR) is 118 cm³/mol. The van der Waals surface area contributed by atoms with E-state index in [0.29, 0.717) is 28.4 Å². The zero-order chi connectivity index (χ0) is 22.8. The number of hydrogen-bond acceptors (Lipinski definition) is 6. The van der Waals surface area contributed by atoms with Crippen LogP contribution < -0.4 is 10.0 Å². The summed E-state index contributed by atoms with van der Waals surface area (Å²) in [6.45, 7) is 7.51. The van der Waals surface area contributed by atoms with Crippen LogP contribution in [-0.4, -0.2) is 34.8 Å². The average Bonchev–Trinajstić information content (AvgIpc) is 3.29. The molecule has 9 nitrogen and oxygen atoms in total. The first-order valence-electron chi connectivity index (χ1n) is 9.99. The number of rotatable bonds is 8. The van der Waals surface area contributed by atoms with Crippen LogP contribution in [0.1, 0.15) is 54.3 Å². The number of carbonyl (C=O) groups is 1. The first-order valence-corrected chi connectivity index (χ1v) is 11.6. The number of nitrogens with one attached hydrogen (secondary N) is 2. The van der Waals surface area contributed by atoms with Gasteiger partial charge in [-0.2, -0.15) is 5.10 Å². The summed E-state index contributed by atoms with van der Waals surface area (Å²) in [6.07, 6.45) is 0. The maximum atomic E-state index is 12.6. The Balaban J connectivity index is 1.79. The van der Waals surface area contributed by atoms with Crippen molar-refractivity contribution in [1.82, 2.24) is 20.1 Å². The Kier molecular flexibility index (Phi) is 6.49. The Morgan fingerprint density at radius 3 is 2.61 bits per heavy atom. The number of aromatic nitrogens is 3. The van der Waals surface area contributed by atoms with Crippen LogP contribution in [0, 0.1) is 6.92 Å². The molecule has 3 rings (SSSR count). The number of anilines is 1. The third-order valence-corrected chi connectivity index (χ3v) is 6.13. The highest BCUT2D eigenvalue weighted by molar-refractivity contribution is 7.92. The van der Waals surface area contributed by atoms with Crippen molar-refractivity contribution in [3.8, 4) is 11.5 Å². The van der Waals surface area contributed by atoms with E-state index >= 15 is 0 Å². The molecule has 2 aromatic heterocycles. The molecule has 0 unspecified atom stereocenters. The Labute approximate surface area is 181 Å². The number of sulfonamides is 1. The van der Waals surface area contributed by atoms with Gasteiger partial charge in [-0.15, -0.1) is 0 Å². The van der Waals surface area contributed by atoms with Crippen molar-refractivity contribution in [2.45, 2.75) is 40.2 Å². The van der Waals surface area contributed by atoms with Crippen molar-refractivity contribution in [1.29, 1.82) is 0 Å². The van der Waals surface area contributed by atoms with Crippen LogP contribution in [0.5, 0.6) is 0 Å². The Morgan fingerprint density at radius 1 is 1.26 bits per heavy atom. The summed E-state index contributed by atoms with van der Waals surface area (Å²) in [7, 11) is -1.72. The molecule has 2 N–H and O–H groups in total. The van der Waals surface area contributed by atoms with E-state index in [4.69, 9.17) is 4.42 Å². The lowest BCUT2D eigenvalue weighted by atomic mass is 10.1. The van der Waals surface area contributed by atoms with E-state index in [2.05, 4.69) is 20.1 Å². The minimum absolute atomic E-state index is 0.0459. The lowest BCUT2D eigenvalue weighted by Gasteiger charge is -2.09. The highest BCUT2D eigenvalue weighted by Crippen LogP contribution is 2.29. The van der Waals surface area contributed by atoms with Gasteiger partial charge in [-0.05, 0) is 38.0 Å². The highest BCUT2D eigenvalue weighted by Gasteiger charge is 2.19. The second-order valence-electron chi connectivity index (χ2n) is 7.49. The number of amides is 1. The molecule has 0 atom stereocenters. The van der Waals surface area contributed by atoms with Gasteiger partial charge in [0.05, 0.1) is 29.2 Å². The SMILES string of the molecule is CCS(=O)(=O)Nc1ccccc1-c1nc(CNC(=O)c2cc(C(C)C)nn2C)c(C)o1. The van der Waals surface area contributed by atoms with Gasteiger partial charge in [0.1, 0.15) is 17.1 Å². The van der Waals surface area contributed by atoms with Gasteiger partial charge in [-0.3, -0.25) is 14.2 Å². The summed E-state index contributed by atoms with van der Waals surface area (Å²) < 4.78 is 33.9. The third kappa shape index (κ3) is 5.13. The maximum Gasteiger partial charge on any atom is 0.269 e. The fourth-order valence-electron chi connectivity index (χ4n) is 2.94. The van der Waals surface area contributed by atoms with Crippen molar-refractivity contribution in [3.05, 3.63) is 53.2 Å². The van der Waals surface area contributed by atoms with E-state index in [-0.39, 0.29) is 30.0 Å². The number of aryl methyl sites for hydroxylation is 2. The molecule has 0 saturated carbocycles. The van der Waals surface area contributed by atoms with Crippen LogP contribution in [0.4, 0.5) is 5.69 Å². The number of benzene rings is 1. The molecule has 0 saturated heterocycles. The van der Waals surface area contributed by atoms with Crippen LogP contribution >= 0.6 is 0 Å². The van der Waals surface area contributed by atoms with E-state index in [1.54, 1.807) is 55.9 Å². The van der Waals surface area contributed by atoms with Gasteiger partial charge < -0.3 is 9.73 Å². The molecular formula is C21H27N5O4S. The normalized spacial score (nSPS) is 11.7. The average molecular weight is 446 g/mol. The summed E-state index contributed by atoms with van der Waals surface area (Å²) in [6, 6.07) is 8.65. The van der Waals surface area contributed by atoms with Crippen molar-refractivity contribution in [3.63, 3.8) is 0 Å². The standard InChI is InChI=1S/C21H27N5O4S/c1-6-31(28,29)25-16-10-8-7-9-15(16)21-23-18(14(4)30-21)12-22-20(27)19-11-17(13(2)3)24-26(19)5/h7-11,13,25H,6,12H2,1-5H3,(H,22,27). The van der Waals surface area contributed by atoms with Gasteiger partial charge in [0.15, 0.2) is 0 Å². The molecule has 0 aliphatic heterocycles. The van der Waals surface area contributed by atoms with Crippen LogP contribution in [0.2, 0.25) is 0 Å². The van der Waals surface area contributed by atoms with Crippen LogP contribution in [0.3, 0.4) is 0 Å². The molecule has 0 aliphatic carbocycles. The summed E-state index contributed by atoms with van der Waals surface area (Å²) in [4.78, 5) is 17.1. The number of carbonyl (C=O) groups excluding carboxylic acids is 1. The van der Waals surface area contributed by atoms with Gasteiger partial charge in [-0.1, -0.05) is 26.0 Å². The fraction of sp³-hybridized carbons (Fsp3) is 0.381. The molecule has 1 amide bonds. The molecule has 3 aromatic rings. The molecule has 31 heavy (non-hydrogen) atoms. The minimum Gasteiger partial charge on any atom is -0.441 e. The van der Waals surface area contributed by atoms with Gasteiger partial charge in [-0.25, -0.2) is 13.4 Å². The van der Waals surface area contributed by atoms with Crippen molar-refractivity contribution < 1.29 is 17.6 Å².